The first-order valence-corrected chi connectivity index (χ1v) is 4.90. The van der Waals surface area contributed by atoms with Gasteiger partial charge in [-0.1, -0.05) is 6.92 Å². The zero-order valence-corrected chi connectivity index (χ0v) is 7.95. The molecule has 1 N–H and O–H groups in total. The van der Waals surface area contributed by atoms with Gasteiger partial charge in [-0.15, -0.1) is 0 Å². The Bertz CT molecular complexity index is 202. The van der Waals surface area contributed by atoms with Crippen molar-refractivity contribution < 1.29 is 9.53 Å². The number of hydrogen-bond acceptors (Lipinski definition) is 3. The van der Waals surface area contributed by atoms with E-state index in [4.69, 9.17) is 4.74 Å². The van der Waals surface area contributed by atoms with E-state index in [9.17, 15) is 4.79 Å². The van der Waals surface area contributed by atoms with Crippen LogP contribution < -0.4 is 5.43 Å². The predicted molar refractivity (Wildman–Crippen MR) is 47.8 cm³/mol. The molecular formula is C9H16N2O2. The standard InChI is InChI=1S/C9H16N2O2/c1-7-6-8(7)9(12)10-11-2-4-13-5-3-11/h7-8H,2-6H2,1H3,(H,10,12). The highest BCUT2D eigenvalue weighted by Gasteiger charge is 2.39. The van der Waals surface area contributed by atoms with E-state index in [1.165, 1.54) is 0 Å². The molecule has 2 fully saturated rings. The third kappa shape index (κ3) is 2.19. The number of ether oxygens (including phenoxy) is 1. The van der Waals surface area contributed by atoms with Gasteiger partial charge in [0.15, 0.2) is 0 Å². The molecule has 74 valence electrons. The molecular weight excluding hydrogens is 168 g/mol. The molecule has 1 amide bonds. The van der Waals surface area contributed by atoms with Gasteiger partial charge in [0.2, 0.25) is 5.91 Å². The fourth-order valence-electron chi connectivity index (χ4n) is 1.60. The molecule has 2 atom stereocenters. The van der Waals surface area contributed by atoms with E-state index in [1.807, 2.05) is 5.01 Å². The SMILES string of the molecule is CC1CC1C(=O)NN1CCOCC1. The van der Waals surface area contributed by atoms with Crippen LogP contribution in [0.3, 0.4) is 0 Å². The summed E-state index contributed by atoms with van der Waals surface area (Å²) in [5.74, 6) is 1.04. The Morgan fingerprint density at radius 2 is 2.08 bits per heavy atom. The summed E-state index contributed by atoms with van der Waals surface area (Å²) in [5, 5.41) is 1.96. The molecule has 4 nitrogen and oxygen atoms in total. The van der Waals surface area contributed by atoms with E-state index in [-0.39, 0.29) is 11.8 Å². The molecule has 1 aliphatic heterocycles. The van der Waals surface area contributed by atoms with Gasteiger partial charge in [-0.05, 0) is 12.3 Å². The highest BCUT2D eigenvalue weighted by molar-refractivity contribution is 5.80. The van der Waals surface area contributed by atoms with E-state index in [1.54, 1.807) is 0 Å². The minimum atomic E-state index is 0.189. The number of amides is 1. The van der Waals surface area contributed by atoms with Crippen molar-refractivity contribution in [2.75, 3.05) is 26.3 Å². The molecule has 13 heavy (non-hydrogen) atoms. The number of nitrogens with one attached hydrogen (secondary N) is 1. The summed E-state index contributed by atoms with van der Waals surface area (Å²) in [4.78, 5) is 11.5. The minimum Gasteiger partial charge on any atom is -0.379 e. The quantitative estimate of drug-likeness (QED) is 0.657. The summed E-state index contributed by atoms with van der Waals surface area (Å²) in [7, 11) is 0. The molecule has 1 heterocycles. The zero-order chi connectivity index (χ0) is 9.26. The lowest BCUT2D eigenvalue weighted by Crippen LogP contribution is -2.49. The minimum absolute atomic E-state index is 0.189. The fourth-order valence-corrected chi connectivity index (χ4v) is 1.60. The molecule has 2 aliphatic rings. The summed E-state index contributed by atoms with van der Waals surface area (Å²) in [6.07, 6.45) is 1.05. The highest BCUT2D eigenvalue weighted by atomic mass is 16.5. The van der Waals surface area contributed by atoms with Gasteiger partial charge in [-0.25, -0.2) is 5.01 Å². The van der Waals surface area contributed by atoms with Crippen LogP contribution in [-0.4, -0.2) is 37.2 Å². The highest BCUT2D eigenvalue weighted by Crippen LogP contribution is 2.37. The molecule has 4 heteroatoms. The van der Waals surface area contributed by atoms with Gasteiger partial charge in [-0.2, -0.15) is 0 Å². The van der Waals surface area contributed by atoms with Crippen LogP contribution in [-0.2, 0) is 9.53 Å². The normalized spacial score (nSPS) is 34.2. The van der Waals surface area contributed by atoms with Crippen molar-refractivity contribution in [3.8, 4) is 0 Å². The molecule has 2 unspecified atom stereocenters. The first-order chi connectivity index (χ1) is 6.27. The molecule has 1 aliphatic carbocycles. The van der Waals surface area contributed by atoms with Crippen LogP contribution in [0.1, 0.15) is 13.3 Å². The van der Waals surface area contributed by atoms with Crippen molar-refractivity contribution in [3.63, 3.8) is 0 Å². The van der Waals surface area contributed by atoms with Crippen molar-refractivity contribution >= 4 is 5.91 Å². The smallest absolute Gasteiger partial charge is 0.237 e. The second kappa shape index (κ2) is 3.64. The predicted octanol–water partition coefficient (Wildman–Crippen LogP) is 0.00580. The van der Waals surface area contributed by atoms with Gasteiger partial charge in [0, 0.05) is 19.0 Å². The van der Waals surface area contributed by atoms with Crippen molar-refractivity contribution in [2.45, 2.75) is 13.3 Å². The number of morpholine rings is 1. The molecule has 1 saturated carbocycles. The van der Waals surface area contributed by atoms with Crippen LogP contribution >= 0.6 is 0 Å². The third-order valence-corrected chi connectivity index (χ3v) is 2.73. The van der Waals surface area contributed by atoms with Gasteiger partial charge in [0.05, 0.1) is 13.2 Å². The van der Waals surface area contributed by atoms with E-state index in [0.717, 1.165) is 32.7 Å². The summed E-state index contributed by atoms with van der Waals surface area (Å²) in [6.45, 7) is 5.18. The van der Waals surface area contributed by atoms with E-state index < -0.39 is 0 Å². The van der Waals surface area contributed by atoms with Crippen molar-refractivity contribution in [1.82, 2.24) is 10.4 Å². The molecule has 0 bridgehead atoms. The Kier molecular flexibility index (Phi) is 2.51. The topological polar surface area (TPSA) is 41.6 Å². The largest absolute Gasteiger partial charge is 0.379 e. The Morgan fingerprint density at radius 3 is 2.62 bits per heavy atom. The number of hydrazine groups is 1. The first kappa shape index (κ1) is 8.97. The summed E-state index contributed by atoms with van der Waals surface area (Å²) < 4.78 is 5.19. The van der Waals surface area contributed by atoms with Crippen molar-refractivity contribution in [1.29, 1.82) is 0 Å². The summed E-state index contributed by atoms with van der Waals surface area (Å²) in [5.41, 5.74) is 2.93. The van der Waals surface area contributed by atoms with Crippen LogP contribution in [0, 0.1) is 11.8 Å². The van der Waals surface area contributed by atoms with Crippen molar-refractivity contribution in [3.05, 3.63) is 0 Å². The van der Waals surface area contributed by atoms with Gasteiger partial charge in [0.25, 0.3) is 0 Å². The lowest BCUT2D eigenvalue weighted by molar-refractivity contribution is -0.129. The van der Waals surface area contributed by atoms with Gasteiger partial charge < -0.3 is 4.74 Å². The lowest BCUT2D eigenvalue weighted by Gasteiger charge is -2.26. The molecule has 0 aromatic heterocycles. The van der Waals surface area contributed by atoms with E-state index >= 15 is 0 Å². The Morgan fingerprint density at radius 1 is 1.46 bits per heavy atom. The van der Waals surface area contributed by atoms with Gasteiger partial charge >= 0.3 is 0 Å². The van der Waals surface area contributed by atoms with Gasteiger partial charge in [0.1, 0.15) is 0 Å². The fraction of sp³-hybridized carbons (Fsp3) is 0.889. The molecule has 0 aromatic rings. The van der Waals surface area contributed by atoms with E-state index in [0.29, 0.717) is 5.92 Å². The maximum absolute atomic E-state index is 11.5. The number of carbonyl (C=O) groups excluding carboxylic acids is 1. The Hall–Kier alpha value is -0.610. The van der Waals surface area contributed by atoms with Gasteiger partial charge in [-0.3, -0.25) is 10.2 Å². The summed E-state index contributed by atoms with van der Waals surface area (Å²) in [6, 6.07) is 0. The van der Waals surface area contributed by atoms with Crippen LogP contribution in [0.4, 0.5) is 0 Å². The summed E-state index contributed by atoms with van der Waals surface area (Å²) >= 11 is 0. The zero-order valence-electron chi connectivity index (χ0n) is 7.95. The first-order valence-electron chi connectivity index (χ1n) is 4.90. The maximum Gasteiger partial charge on any atom is 0.237 e. The van der Waals surface area contributed by atoms with Crippen LogP contribution in [0.2, 0.25) is 0 Å². The van der Waals surface area contributed by atoms with Crippen LogP contribution in [0.5, 0.6) is 0 Å². The number of nitrogens with zero attached hydrogens (tertiary/aromatic N) is 1. The van der Waals surface area contributed by atoms with Crippen LogP contribution in [0.25, 0.3) is 0 Å². The number of hydrogen-bond donors (Lipinski definition) is 1. The maximum atomic E-state index is 11.5. The second-order valence-corrected chi connectivity index (χ2v) is 3.89. The average Bonchev–Trinajstić information content (AvgIpc) is 2.84. The molecule has 1 saturated heterocycles. The number of rotatable bonds is 2. The second-order valence-electron chi connectivity index (χ2n) is 3.89. The Labute approximate surface area is 78.2 Å². The van der Waals surface area contributed by atoms with Crippen LogP contribution in [0.15, 0.2) is 0 Å². The lowest BCUT2D eigenvalue weighted by atomic mass is 10.3. The van der Waals surface area contributed by atoms with Crippen molar-refractivity contribution in [2.24, 2.45) is 11.8 Å². The average molecular weight is 184 g/mol. The molecule has 0 aromatic carbocycles. The third-order valence-electron chi connectivity index (χ3n) is 2.73. The molecule has 0 spiro atoms. The molecule has 0 radical (unpaired) electrons. The van der Waals surface area contributed by atoms with E-state index in [2.05, 4.69) is 12.3 Å². The Balaban J connectivity index is 1.73. The monoisotopic (exact) mass is 184 g/mol. The number of carbonyl (C=O) groups is 1. The molecule has 2 rings (SSSR count).